The number of nitrogens with zero attached hydrogens (tertiary/aromatic N) is 5. The molecule has 1 amide bonds. The number of sulfonamides is 1. The average molecular weight is 380 g/mol. The van der Waals surface area contributed by atoms with Crippen LogP contribution >= 0.6 is 0 Å². The standard InChI is InChI=1S/C16H24N6O3S/c1-11-14(10-18-21(11)4)26(24,25)22-8-6-5-7-13(22)15-12(9-17-19-15)16(23)20(2)3/h9-10,13H,5-8H2,1-4H3,(H,17,19)/t13-/m1/s1. The lowest BCUT2D eigenvalue weighted by Crippen LogP contribution is -2.39. The molecule has 2 aromatic heterocycles. The van der Waals surface area contributed by atoms with Crippen molar-refractivity contribution >= 4 is 15.9 Å². The Morgan fingerprint density at radius 2 is 2.04 bits per heavy atom. The van der Waals surface area contributed by atoms with Gasteiger partial charge in [-0.3, -0.25) is 14.6 Å². The molecule has 10 heteroatoms. The molecule has 1 fully saturated rings. The highest BCUT2D eigenvalue weighted by Crippen LogP contribution is 2.36. The topological polar surface area (TPSA) is 104 Å². The van der Waals surface area contributed by atoms with E-state index in [0.29, 0.717) is 29.9 Å². The number of hydrogen-bond acceptors (Lipinski definition) is 5. The first kappa shape index (κ1) is 18.6. The van der Waals surface area contributed by atoms with Gasteiger partial charge in [-0.05, 0) is 19.8 Å². The predicted molar refractivity (Wildman–Crippen MR) is 95.0 cm³/mol. The monoisotopic (exact) mass is 380 g/mol. The van der Waals surface area contributed by atoms with Gasteiger partial charge in [-0.25, -0.2) is 8.42 Å². The maximum atomic E-state index is 13.3. The van der Waals surface area contributed by atoms with Crippen molar-refractivity contribution in [2.24, 2.45) is 7.05 Å². The third-order valence-corrected chi connectivity index (χ3v) is 6.88. The number of aromatic amines is 1. The van der Waals surface area contributed by atoms with Crippen molar-refractivity contribution in [3.05, 3.63) is 29.3 Å². The fourth-order valence-electron chi connectivity index (χ4n) is 3.30. The number of amides is 1. The van der Waals surface area contributed by atoms with Gasteiger partial charge in [-0.15, -0.1) is 0 Å². The van der Waals surface area contributed by atoms with Crippen LogP contribution in [0.25, 0.3) is 0 Å². The predicted octanol–water partition coefficient (Wildman–Crippen LogP) is 1.07. The molecule has 1 atom stereocenters. The van der Waals surface area contributed by atoms with Crippen molar-refractivity contribution in [3.63, 3.8) is 0 Å². The van der Waals surface area contributed by atoms with Crippen LogP contribution in [-0.4, -0.2) is 64.1 Å². The van der Waals surface area contributed by atoms with Gasteiger partial charge in [0.2, 0.25) is 10.0 Å². The fraction of sp³-hybridized carbons (Fsp3) is 0.562. The second kappa shape index (κ2) is 6.84. The molecule has 0 aliphatic carbocycles. The van der Waals surface area contributed by atoms with E-state index >= 15 is 0 Å². The quantitative estimate of drug-likeness (QED) is 0.854. The maximum Gasteiger partial charge on any atom is 0.256 e. The number of carbonyl (C=O) groups excluding carboxylic acids is 1. The van der Waals surface area contributed by atoms with Gasteiger partial charge in [-0.1, -0.05) is 6.42 Å². The summed E-state index contributed by atoms with van der Waals surface area (Å²) in [6.07, 6.45) is 5.15. The smallest absolute Gasteiger partial charge is 0.256 e. The molecular formula is C16H24N6O3S. The van der Waals surface area contributed by atoms with Crippen LogP contribution in [0.3, 0.4) is 0 Å². The van der Waals surface area contributed by atoms with E-state index in [9.17, 15) is 13.2 Å². The number of rotatable bonds is 4. The van der Waals surface area contributed by atoms with Crippen LogP contribution < -0.4 is 0 Å². The molecule has 1 saturated heterocycles. The summed E-state index contributed by atoms with van der Waals surface area (Å²) >= 11 is 0. The molecule has 9 nitrogen and oxygen atoms in total. The molecule has 26 heavy (non-hydrogen) atoms. The Balaban J connectivity index is 2.04. The minimum absolute atomic E-state index is 0.200. The zero-order valence-electron chi connectivity index (χ0n) is 15.4. The van der Waals surface area contributed by atoms with Crippen molar-refractivity contribution in [2.45, 2.75) is 37.1 Å². The van der Waals surface area contributed by atoms with Crippen molar-refractivity contribution in [3.8, 4) is 0 Å². The summed E-state index contributed by atoms with van der Waals surface area (Å²) in [6.45, 7) is 2.13. The molecule has 0 aromatic carbocycles. The molecule has 0 saturated carbocycles. The Labute approximate surface area is 153 Å². The first-order valence-corrected chi connectivity index (χ1v) is 9.94. The lowest BCUT2D eigenvalue weighted by Gasteiger charge is -2.34. The third-order valence-electron chi connectivity index (χ3n) is 4.87. The molecule has 0 bridgehead atoms. The average Bonchev–Trinajstić information content (AvgIpc) is 3.22. The number of nitrogens with one attached hydrogen (secondary N) is 1. The first-order valence-electron chi connectivity index (χ1n) is 8.50. The van der Waals surface area contributed by atoms with Gasteiger partial charge < -0.3 is 4.90 Å². The SMILES string of the molecule is Cc1c(S(=O)(=O)N2CCCC[C@@H]2c2[nH]ncc2C(=O)N(C)C)cnn1C. The lowest BCUT2D eigenvalue weighted by atomic mass is 9.99. The van der Waals surface area contributed by atoms with E-state index in [1.165, 1.54) is 21.6 Å². The number of carbonyl (C=O) groups is 1. The van der Waals surface area contributed by atoms with E-state index in [1.54, 1.807) is 32.7 Å². The Morgan fingerprint density at radius 3 is 2.65 bits per heavy atom. The molecule has 3 rings (SSSR count). The summed E-state index contributed by atoms with van der Waals surface area (Å²) < 4.78 is 29.6. The van der Waals surface area contributed by atoms with Crippen molar-refractivity contribution in [1.29, 1.82) is 0 Å². The number of H-pyrrole nitrogens is 1. The summed E-state index contributed by atoms with van der Waals surface area (Å²) in [5.74, 6) is -0.200. The number of aromatic nitrogens is 4. The molecule has 0 unspecified atom stereocenters. The molecule has 3 heterocycles. The second-order valence-corrected chi connectivity index (χ2v) is 8.60. The summed E-state index contributed by atoms with van der Waals surface area (Å²) in [6, 6.07) is -0.449. The molecule has 1 aliphatic heterocycles. The van der Waals surface area contributed by atoms with Crippen LogP contribution in [0, 0.1) is 6.92 Å². The molecule has 142 valence electrons. The maximum absolute atomic E-state index is 13.3. The minimum Gasteiger partial charge on any atom is -0.345 e. The summed E-state index contributed by atoms with van der Waals surface area (Å²) in [5.41, 5.74) is 1.54. The zero-order chi connectivity index (χ0) is 19.1. The highest BCUT2D eigenvalue weighted by atomic mass is 32.2. The van der Waals surface area contributed by atoms with Gasteiger partial charge in [-0.2, -0.15) is 14.5 Å². The van der Waals surface area contributed by atoms with Crippen LogP contribution in [0.1, 0.15) is 47.1 Å². The highest BCUT2D eigenvalue weighted by Gasteiger charge is 2.38. The Bertz CT molecular complexity index is 914. The third kappa shape index (κ3) is 3.03. The largest absolute Gasteiger partial charge is 0.345 e. The van der Waals surface area contributed by atoms with Gasteiger partial charge in [0.05, 0.1) is 35.4 Å². The van der Waals surface area contributed by atoms with E-state index in [1.807, 2.05) is 0 Å². The van der Waals surface area contributed by atoms with Crippen LogP contribution in [0.2, 0.25) is 0 Å². The van der Waals surface area contributed by atoms with E-state index in [0.717, 1.165) is 12.8 Å². The minimum atomic E-state index is -3.73. The van der Waals surface area contributed by atoms with Crippen LogP contribution in [0.4, 0.5) is 0 Å². The lowest BCUT2D eigenvalue weighted by molar-refractivity contribution is 0.0824. The summed E-state index contributed by atoms with van der Waals surface area (Å²) in [7, 11) is 1.30. The van der Waals surface area contributed by atoms with Gasteiger partial charge in [0.25, 0.3) is 5.91 Å². The van der Waals surface area contributed by atoms with Crippen molar-refractivity contribution < 1.29 is 13.2 Å². The van der Waals surface area contributed by atoms with Crippen LogP contribution in [-0.2, 0) is 17.1 Å². The Kier molecular flexibility index (Phi) is 4.89. The van der Waals surface area contributed by atoms with E-state index < -0.39 is 16.1 Å². The van der Waals surface area contributed by atoms with Crippen molar-refractivity contribution in [2.75, 3.05) is 20.6 Å². The normalized spacial score (nSPS) is 18.8. The summed E-state index contributed by atoms with van der Waals surface area (Å²) in [5, 5.41) is 10.9. The van der Waals surface area contributed by atoms with E-state index in [2.05, 4.69) is 15.3 Å². The van der Waals surface area contributed by atoms with Gasteiger partial charge in [0, 0.05) is 27.7 Å². The molecule has 1 N–H and O–H groups in total. The van der Waals surface area contributed by atoms with Crippen LogP contribution in [0.15, 0.2) is 17.3 Å². The van der Waals surface area contributed by atoms with Gasteiger partial charge in [0.15, 0.2) is 0 Å². The fourth-order valence-corrected chi connectivity index (χ4v) is 5.15. The Hall–Kier alpha value is -2.20. The number of piperidine rings is 1. The molecule has 2 aromatic rings. The number of hydrogen-bond donors (Lipinski definition) is 1. The molecule has 0 spiro atoms. The van der Waals surface area contributed by atoms with Crippen molar-refractivity contribution in [1.82, 2.24) is 29.2 Å². The van der Waals surface area contributed by atoms with Gasteiger partial charge >= 0.3 is 0 Å². The van der Waals surface area contributed by atoms with E-state index in [4.69, 9.17) is 0 Å². The summed E-state index contributed by atoms with van der Waals surface area (Å²) in [4.78, 5) is 14.1. The second-order valence-electron chi connectivity index (χ2n) is 6.74. The first-order chi connectivity index (χ1) is 12.2. The number of aryl methyl sites for hydroxylation is 1. The van der Waals surface area contributed by atoms with Gasteiger partial charge in [0.1, 0.15) is 4.90 Å². The van der Waals surface area contributed by atoms with Crippen LogP contribution in [0.5, 0.6) is 0 Å². The highest BCUT2D eigenvalue weighted by molar-refractivity contribution is 7.89. The molecule has 0 radical (unpaired) electrons. The Morgan fingerprint density at radius 1 is 1.31 bits per heavy atom. The van der Waals surface area contributed by atoms with E-state index in [-0.39, 0.29) is 10.8 Å². The molecule has 1 aliphatic rings. The molecular weight excluding hydrogens is 356 g/mol. The zero-order valence-corrected chi connectivity index (χ0v) is 16.2.